The number of rotatable bonds is 4. The number of carbonyl (C=O) groups is 1. The maximum Gasteiger partial charge on any atom is 0.263 e. The van der Waals surface area contributed by atoms with E-state index in [2.05, 4.69) is 15.5 Å². The van der Waals surface area contributed by atoms with Crippen molar-refractivity contribution in [3.8, 4) is 11.4 Å². The first kappa shape index (κ1) is 14.5. The third kappa shape index (κ3) is 3.24. The van der Waals surface area contributed by atoms with Gasteiger partial charge in [0.05, 0.1) is 5.69 Å². The molecule has 0 bridgehead atoms. The van der Waals surface area contributed by atoms with Gasteiger partial charge in [0, 0.05) is 19.2 Å². The van der Waals surface area contributed by atoms with Gasteiger partial charge < -0.3 is 9.64 Å². The van der Waals surface area contributed by atoms with Gasteiger partial charge in [-0.2, -0.15) is 0 Å². The fourth-order valence-corrected chi connectivity index (χ4v) is 2.60. The highest BCUT2D eigenvalue weighted by atomic mass is 16.5. The zero-order valence-corrected chi connectivity index (χ0v) is 12.6. The average Bonchev–Trinajstić information content (AvgIpc) is 3.10. The van der Waals surface area contributed by atoms with Crippen LogP contribution in [0.2, 0.25) is 0 Å². The van der Waals surface area contributed by atoms with Gasteiger partial charge in [-0.1, -0.05) is 6.07 Å². The van der Waals surface area contributed by atoms with Crippen LogP contribution in [0.15, 0.2) is 30.6 Å². The molecule has 7 heteroatoms. The molecule has 1 aliphatic heterocycles. The number of hydrogen-bond donors (Lipinski definition) is 0. The summed E-state index contributed by atoms with van der Waals surface area (Å²) < 4.78 is 7.34. The number of carbonyl (C=O) groups excluding carboxylic acids is 1. The highest BCUT2D eigenvalue weighted by Gasteiger charge is 2.23. The number of hydrogen-bond acceptors (Lipinski definition) is 5. The van der Waals surface area contributed by atoms with Crippen molar-refractivity contribution in [3.05, 3.63) is 30.6 Å². The van der Waals surface area contributed by atoms with Crippen LogP contribution in [-0.2, 0) is 4.79 Å². The molecule has 2 heterocycles. The Bertz CT molecular complexity index is 623. The van der Waals surface area contributed by atoms with Gasteiger partial charge in [-0.15, -0.1) is 5.10 Å². The van der Waals surface area contributed by atoms with Crippen molar-refractivity contribution in [2.24, 2.45) is 0 Å². The summed E-state index contributed by atoms with van der Waals surface area (Å²) in [6, 6.07) is 7.37. The number of nitrogens with zero attached hydrogens (tertiary/aromatic N) is 5. The Labute approximate surface area is 128 Å². The Hall–Kier alpha value is -2.44. The molecule has 1 fully saturated rings. The number of likely N-dealkylation sites (tertiary alicyclic amines) is 1. The molecule has 22 heavy (non-hydrogen) atoms. The molecule has 0 unspecified atom stereocenters. The summed E-state index contributed by atoms with van der Waals surface area (Å²) >= 11 is 0. The van der Waals surface area contributed by atoms with Crippen LogP contribution in [0.25, 0.3) is 5.69 Å². The van der Waals surface area contributed by atoms with E-state index in [1.54, 1.807) is 11.6 Å². The van der Waals surface area contributed by atoms with Crippen molar-refractivity contribution in [2.45, 2.75) is 32.3 Å². The molecular formula is C15H19N5O2. The molecule has 0 aliphatic carbocycles. The summed E-state index contributed by atoms with van der Waals surface area (Å²) in [6.07, 6.45) is 4.37. The normalized spacial score (nSPS) is 16.3. The molecule has 116 valence electrons. The van der Waals surface area contributed by atoms with Gasteiger partial charge in [0.25, 0.3) is 5.91 Å². The summed E-state index contributed by atoms with van der Waals surface area (Å²) in [7, 11) is 0. The SMILES string of the molecule is C[C@H](Oc1cccc(-n2cnnn2)c1)C(=O)N1CCCCC1. The predicted octanol–water partition coefficient (Wildman–Crippen LogP) is 1.44. The molecule has 1 amide bonds. The first-order chi connectivity index (χ1) is 10.7. The Morgan fingerprint density at radius 3 is 2.82 bits per heavy atom. The molecule has 1 aromatic heterocycles. The van der Waals surface area contributed by atoms with Crippen molar-refractivity contribution >= 4 is 5.91 Å². The van der Waals surface area contributed by atoms with E-state index in [0.717, 1.165) is 31.6 Å². The molecule has 7 nitrogen and oxygen atoms in total. The number of tetrazole rings is 1. The Kier molecular flexibility index (Phi) is 4.32. The highest BCUT2D eigenvalue weighted by molar-refractivity contribution is 5.81. The summed E-state index contributed by atoms with van der Waals surface area (Å²) in [5.74, 6) is 0.679. The highest BCUT2D eigenvalue weighted by Crippen LogP contribution is 2.18. The lowest BCUT2D eigenvalue weighted by Gasteiger charge is -2.29. The van der Waals surface area contributed by atoms with Gasteiger partial charge in [-0.3, -0.25) is 4.79 Å². The summed E-state index contributed by atoms with van der Waals surface area (Å²) in [4.78, 5) is 14.3. The molecule has 1 aliphatic rings. The van der Waals surface area contributed by atoms with Crippen LogP contribution in [0.3, 0.4) is 0 Å². The molecule has 0 spiro atoms. The predicted molar refractivity (Wildman–Crippen MR) is 79.7 cm³/mol. The Morgan fingerprint density at radius 1 is 1.27 bits per heavy atom. The zero-order chi connectivity index (χ0) is 15.4. The molecule has 3 rings (SSSR count). The van der Waals surface area contributed by atoms with Crippen molar-refractivity contribution in [3.63, 3.8) is 0 Å². The lowest BCUT2D eigenvalue weighted by Crippen LogP contribution is -2.43. The number of piperidine rings is 1. The third-order valence-electron chi connectivity index (χ3n) is 3.76. The zero-order valence-electron chi connectivity index (χ0n) is 12.6. The standard InChI is InChI=1S/C15H19N5O2/c1-12(15(21)19-8-3-2-4-9-19)22-14-7-5-6-13(10-14)20-11-16-17-18-20/h5-7,10-12H,2-4,8-9H2,1H3/t12-/m0/s1. The minimum atomic E-state index is -0.498. The minimum absolute atomic E-state index is 0.0486. The van der Waals surface area contributed by atoms with Gasteiger partial charge in [0.15, 0.2) is 6.10 Å². The second kappa shape index (κ2) is 6.55. The number of ether oxygens (including phenoxy) is 1. The molecule has 2 aromatic rings. The summed E-state index contributed by atoms with van der Waals surface area (Å²) in [6.45, 7) is 3.45. The van der Waals surface area contributed by atoms with Crippen molar-refractivity contribution in [1.29, 1.82) is 0 Å². The topological polar surface area (TPSA) is 73.1 Å². The van der Waals surface area contributed by atoms with Crippen LogP contribution < -0.4 is 4.74 Å². The second-order valence-electron chi connectivity index (χ2n) is 5.40. The van der Waals surface area contributed by atoms with Crippen LogP contribution >= 0.6 is 0 Å². The van der Waals surface area contributed by atoms with Crippen LogP contribution in [0, 0.1) is 0 Å². The van der Waals surface area contributed by atoms with Crippen LogP contribution in [-0.4, -0.2) is 50.2 Å². The van der Waals surface area contributed by atoms with Crippen LogP contribution in [0.4, 0.5) is 0 Å². The quantitative estimate of drug-likeness (QED) is 0.854. The lowest BCUT2D eigenvalue weighted by molar-refractivity contribution is -0.138. The van der Waals surface area contributed by atoms with Gasteiger partial charge in [0.1, 0.15) is 12.1 Å². The average molecular weight is 301 g/mol. The van der Waals surface area contributed by atoms with Gasteiger partial charge in [-0.25, -0.2) is 4.68 Å². The van der Waals surface area contributed by atoms with E-state index < -0.39 is 6.10 Å². The van der Waals surface area contributed by atoms with Crippen molar-refractivity contribution < 1.29 is 9.53 Å². The van der Waals surface area contributed by atoms with Gasteiger partial charge >= 0.3 is 0 Å². The van der Waals surface area contributed by atoms with Crippen molar-refractivity contribution in [1.82, 2.24) is 25.1 Å². The second-order valence-corrected chi connectivity index (χ2v) is 5.40. The lowest BCUT2D eigenvalue weighted by atomic mass is 10.1. The van der Waals surface area contributed by atoms with E-state index in [1.165, 1.54) is 12.7 Å². The molecule has 1 aromatic carbocycles. The summed E-state index contributed by atoms with van der Waals surface area (Å²) in [5.41, 5.74) is 0.792. The Balaban J connectivity index is 1.67. The number of aromatic nitrogens is 4. The van der Waals surface area contributed by atoms with Crippen LogP contribution in [0.1, 0.15) is 26.2 Å². The monoisotopic (exact) mass is 301 g/mol. The third-order valence-corrected chi connectivity index (χ3v) is 3.76. The fraction of sp³-hybridized carbons (Fsp3) is 0.467. The number of amides is 1. The van der Waals surface area contributed by atoms with Crippen LogP contribution in [0.5, 0.6) is 5.75 Å². The van der Waals surface area contributed by atoms with E-state index in [1.807, 2.05) is 29.2 Å². The molecule has 0 N–H and O–H groups in total. The maximum absolute atomic E-state index is 12.4. The molecular weight excluding hydrogens is 282 g/mol. The maximum atomic E-state index is 12.4. The van der Waals surface area contributed by atoms with Gasteiger partial charge in [-0.05, 0) is 48.7 Å². The minimum Gasteiger partial charge on any atom is -0.481 e. The van der Waals surface area contributed by atoms with E-state index >= 15 is 0 Å². The molecule has 1 saturated heterocycles. The van der Waals surface area contributed by atoms with E-state index in [-0.39, 0.29) is 5.91 Å². The fourth-order valence-electron chi connectivity index (χ4n) is 2.60. The smallest absolute Gasteiger partial charge is 0.263 e. The first-order valence-corrected chi connectivity index (χ1v) is 7.53. The Morgan fingerprint density at radius 2 is 2.09 bits per heavy atom. The number of benzene rings is 1. The molecule has 0 saturated carbocycles. The van der Waals surface area contributed by atoms with E-state index in [9.17, 15) is 4.79 Å². The first-order valence-electron chi connectivity index (χ1n) is 7.53. The van der Waals surface area contributed by atoms with E-state index in [4.69, 9.17) is 4.74 Å². The molecule has 0 radical (unpaired) electrons. The van der Waals surface area contributed by atoms with Crippen molar-refractivity contribution in [2.75, 3.05) is 13.1 Å². The van der Waals surface area contributed by atoms with E-state index in [0.29, 0.717) is 5.75 Å². The largest absolute Gasteiger partial charge is 0.481 e. The summed E-state index contributed by atoms with van der Waals surface area (Å²) in [5, 5.41) is 11.1. The molecule has 1 atom stereocenters. The van der Waals surface area contributed by atoms with Gasteiger partial charge in [0.2, 0.25) is 0 Å².